The number of nitrogens with zero attached hydrogens (tertiary/aromatic N) is 2. The normalized spacial score (nSPS) is 15.8. The number of allylic oxidation sites excluding steroid dienone is 8. The van der Waals surface area contributed by atoms with E-state index < -0.39 is 72.6 Å². The van der Waals surface area contributed by atoms with Gasteiger partial charge in [0.1, 0.15) is 26.8 Å². The standard InChI is InChI=1S/C43H48N2O18S6.5K/c1-42(2)36(44(20-10-12-22-66(48,49)50)32-19-17-29-25-31(68(54,55)56)27-34(65-63-61-47)38(29)40(32)42)14-8-6-5-7-9-15-37-43(3,4)41-33(45(37)21-11-13-23-67(51,52)53)18-16-28-24-30(64-62-60-46)26-35(39(28)41)69(57,58)59;;;;;/h5-9,14-19,24-27H,10-13,20-23H2,1-4H3,(H5-,46,47,48,49,50,51,52,53,54,55,56,57,58,59);;;;;/q;5*+1/p-4. The quantitative estimate of drug-likeness (QED) is 0.0112. The van der Waals surface area contributed by atoms with Crippen LogP contribution >= 0.6 is 24.1 Å². The van der Waals surface area contributed by atoms with E-state index in [9.17, 15) is 62.4 Å². The number of fused-ring (bicyclic) bond motifs is 6. The Hall–Kier alpha value is 4.11. The van der Waals surface area contributed by atoms with Crippen molar-refractivity contribution in [2.24, 2.45) is 0 Å². The molecule has 2 aliphatic heterocycles. The molecule has 2 heterocycles. The molecule has 0 aromatic heterocycles. The van der Waals surface area contributed by atoms with Crippen molar-refractivity contribution >= 4 is 103 Å². The first-order chi connectivity index (χ1) is 32.2. The van der Waals surface area contributed by atoms with Crippen molar-refractivity contribution in [3.63, 3.8) is 0 Å². The first kappa shape index (κ1) is 76.1. The minimum atomic E-state index is -5.11. The number of anilines is 1. The van der Waals surface area contributed by atoms with Crippen LogP contribution in [0.4, 0.5) is 11.4 Å². The Labute approximate surface area is 652 Å². The van der Waals surface area contributed by atoms with Gasteiger partial charge in [0.15, 0.2) is 5.71 Å². The van der Waals surface area contributed by atoms with Crippen molar-refractivity contribution in [1.29, 1.82) is 0 Å². The molecule has 0 bridgehead atoms. The Bertz CT molecular complexity index is 3300. The van der Waals surface area contributed by atoms with Gasteiger partial charge >= 0.3 is 257 Å². The maximum absolute atomic E-state index is 12.8. The van der Waals surface area contributed by atoms with E-state index in [0.29, 0.717) is 80.6 Å². The fraction of sp³-hybridized carbons (Fsp3) is 0.326. The largest absolute Gasteiger partial charge is 1.00 e. The molecular formula is C43H44K5N2O18S6+. The molecule has 2 aliphatic rings. The van der Waals surface area contributed by atoms with Crippen LogP contribution in [-0.4, -0.2) is 86.8 Å². The van der Waals surface area contributed by atoms with E-state index in [4.69, 9.17) is 0 Å². The van der Waals surface area contributed by atoms with Crippen molar-refractivity contribution in [2.45, 2.75) is 83.8 Å². The molecule has 0 atom stereocenters. The molecule has 1 N–H and O–H groups in total. The third-order valence-corrected chi connectivity index (χ3v) is 16.1. The van der Waals surface area contributed by atoms with Crippen molar-refractivity contribution in [2.75, 3.05) is 29.5 Å². The summed E-state index contributed by atoms with van der Waals surface area (Å²) in [6, 6.07) is 11.6. The Kier molecular flexibility index (Phi) is 33.5. The Morgan fingerprint density at radius 1 is 0.662 bits per heavy atom. The van der Waals surface area contributed by atoms with Crippen LogP contribution in [0.15, 0.2) is 116 Å². The average Bonchev–Trinajstić information content (AvgIpc) is 3.60. The van der Waals surface area contributed by atoms with Crippen LogP contribution < -0.4 is 272 Å². The maximum atomic E-state index is 12.8. The minimum Gasteiger partial charge on any atom is -0.748 e. The molecule has 0 saturated heterocycles. The molecule has 0 unspecified atom stereocenters. The molecule has 20 nitrogen and oxygen atoms in total. The van der Waals surface area contributed by atoms with Crippen molar-refractivity contribution in [3.8, 4) is 0 Å². The molecule has 31 heteroatoms. The third-order valence-electron chi connectivity index (χ3n) is 11.6. The first-order valence-corrected chi connectivity index (χ1v) is 28.1. The van der Waals surface area contributed by atoms with Crippen LogP contribution in [0, 0.1) is 0 Å². The summed E-state index contributed by atoms with van der Waals surface area (Å²) in [6.45, 7) is 7.97. The van der Waals surface area contributed by atoms with Gasteiger partial charge in [0.25, 0.3) is 10.1 Å². The summed E-state index contributed by atoms with van der Waals surface area (Å²) >= 11 is 0.844. The number of rotatable bonds is 22. The minimum absolute atomic E-state index is 0. The van der Waals surface area contributed by atoms with E-state index in [1.807, 2.05) is 43.2 Å². The molecule has 74 heavy (non-hydrogen) atoms. The van der Waals surface area contributed by atoms with Gasteiger partial charge in [-0.15, -0.1) is 0 Å². The second-order valence-electron chi connectivity index (χ2n) is 16.9. The summed E-state index contributed by atoms with van der Waals surface area (Å²) < 4.78 is 152. The molecule has 0 radical (unpaired) electrons. The molecule has 0 aliphatic carbocycles. The smallest absolute Gasteiger partial charge is 0.748 e. The second-order valence-corrected chi connectivity index (χ2v) is 24.2. The molecular weight excluding hydrogens is 1220 g/mol. The van der Waals surface area contributed by atoms with Crippen LogP contribution in [0.3, 0.4) is 0 Å². The van der Waals surface area contributed by atoms with Gasteiger partial charge in [0, 0.05) is 73.8 Å². The summed E-state index contributed by atoms with van der Waals surface area (Å²) in [5.41, 5.74) is 1.91. The number of benzene rings is 4. The van der Waals surface area contributed by atoms with Gasteiger partial charge < -0.3 is 29.1 Å². The molecule has 374 valence electrons. The Morgan fingerprint density at radius 2 is 1.26 bits per heavy atom. The molecule has 0 amide bonds. The fourth-order valence-electron chi connectivity index (χ4n) is 8.91. The van der Waals surface area contributed by atoms with Crippen LogP contribution in [-0.2, 0) is 70.0 Å². The summed E-state index contributed by atoms with van der Waals surface area (Å²) in [5, 5.41) is 29.7. The Balaban J connectivity index is 0.00000548. The predicted octanol–water partition coefficient (Wildman–Crippen LogP) is -10.00. The molecule has 6 rings (SSSR count). The van der Waals surface area contributed by atoms with Gasteiger partial charge in [-0.05, 0) is 91.9 Å². The van der Waals surface area contributed by atoms with Gasteiger partial charge in [-0.2, -0.15) is 21.7 Å². The van der Waals surface area contributed by atoms with Crippen LogP contribution in [0.2, 0.25) is 0 Å². The zero-order valence-electron chi connectivity index (χ0n) is 42.0. The predicted molar refractivity (Wildman–Crippen MR) is 248 cm³/mol. The number of hydrogen-bond donors (Lipinski definition) is 1. The van der Waals surface area contributed by atoms with Gasteiger partial charge in [0.05, 0.1) is 55.2 Å². The van der Waals surface area contributed by atoms with Crippen LogP contribution in [0.1, 0.15) is 64.5 Å². The average molecular weight is 1260 g/mol. The van der Waals surface area contributed by atoms with Gasteiger partial charge in [0.2, 0.25) is 5.69 Å². The molecule has 0 spiro atoms. The SMILES string of the molecule is CC1(C)C(/C=C/C=C/C=C/C=C2/N(CCCCS(=O)(=O)[O-])c3ccc4cc(S(=O)(=O)[O-])cc(SOO[O-])c4c3C2(C)C)=[N+](CCCCS(=O)(=O)O)c2ccc3cc(SOO[O-])cc(S(=O)(=O)[O-])c3c21.[K+].[K+].[K+].[K+].[K+]. The van der Waals surface area contributed by atoms with E-state index in [0.717, 1.165) is 12.1 Å². The Morgan fingerprint density at radius 3 is 1.86 bits per heavy atom. The zero-order chi connectivity index (χ0) is 50.7. The van der Waals surface area contributed by atoms with E-state index in [2.05, 4.69) is 18.7 Å². The summed E-state index contributed by atoms with van der Waals surface area (Å²) in [5.74, 6) is -1.05. The third kappa shape index (κ3) is 19.6. The van der Waals surface area contributed by atoms with Gasteiger partial charge in [-0.25, -0.2) is 25.3 Å². The van der Waals surface area contributed by atoms with E-state index in [-0.39, 0.29) is 304 Å². The monoisotopic (exact) mass is 1260 g/mol. The number of hydrogen-bond acceptors (Lipinski definition) is 20. The van der Waals surface area contributed by atoms with Crippen molar-refractivity contribution < 1.29 is 343 Å². The van der Waals surface area contributed by atoms with E-state index in [1.165, 1.54) is 12.1 Å². The maximum Gasteiger partial charge on any atom is 1.00 e. The van der Waals surface area contributed by atoms with Crippen molar-refractivity contribution in [3.05, 3.63) is 108 Å². The summed E-state index contributed by atoms with van der Waals surface area (Å²) in [4.78, 5) is 1.03. The molecule has 0 saturated carbocycles. The van der Waals surface area contributed by atoms with Crippen molar-refractivity contribution in [1.82, 2.24) is 0 Å². The van der Waals surface area contributed by atoms with E-state index >= 15 is 0 Å². The van der Waals surface area contributed by atoms with Crippen LogP contribution in [0.5, 0.6) is 0 Å². The van der Waals surface area contributed by atoms with Gasteiger partial charge in [-0.1, -0.05) is 50.3 Å². The summed E-state index contributed by atoms with van der Waals surface area (Å²) in [6.07, 6.45) is 13.0. The second kappa shape index (κ2) is 32.6. The molecule has 4 aromatic carbocycles. The number of unbranched alkanes of at least 4 members (excludes halogenated alkanes) is 2. The zero-order valence-corrected chi connectivity index (χ0v) is 62.6. The van der Waals surface area contributed by atoms with Crippen LogP contribution in [0.25, 0.3) is 21.5 Å². The molecule has 4 aromatic rings. The van der Waals surface area contributed by atoms with Gasteiger partial charge in [-0.3, -0.25) is 14.6 Å². The first-order valence-electron chi connectivity index (χ1n) is 20.6. The van der Waals surface area contributed by atoms with E-state index in [1.54, 1.807) is 60.7 Å². The fourth-order valence-corrected chi connectivity index (χ4v) is 12.5. The topological polar surface area (TPSA) is 315 Å². The summed E-state index contributed by atoms with van der Waals surface area (Å²) in [7, 11) is -18.8. The molecule has 0 fully saturated rings.